The largest absolute Gasteiger partial charge is 0.491 e. The number of halogens is 2. The van der Waals surface area contributed by atoms with E-state index in [1.807, 2.05) is 18.2 Å². The standard InChI is InChI=1S/C23H16ClFN2O3/c24-14-9-10-16-20(11-14)30-13-23(16)15-5-1-4-8-19(15)27(22(23)29)12-21(28)26-18-7-3-2-6-17(18)25/h1-11H,12-13H2,(H,26,28). The van der Waals surface area contributed by atoms with Gasteiger partial charge in [0, 0.05) is 16.3 Å². The molecule has 0 bridgehead atoms. The number of benzene rings is 3. The van der Waals surface area contributed by atoms with Crippen molar-refractivity contribution in [3.05, 3.63) is 88.7 Å². The summed E-state index contributed by atoms with van der Waals surface area (Å²) in [4.78, 5) is 27.7. The minimum Gasteiger partial charge on any atom is -0.491 e. The third-order valence-electron chi connectivity index (χ3n) is 5.56. The Morgan fingerprint density at radius 3 is 2.70 bits per heavy atom. The molecular weight excluding hydrogens is 407 g/mol. The molecule has 0 saturated heterocycles. The van der Waals surface area contributed by atoms with E-state index in [-0.39, 0.29) is 24.7 Å². The fourth-order valence-corrected chi connectivity index (χ4v) is 4.37. The van der Waals surface area contributed by atoms with Crippen molar-refractivity contribution in [2.24, 2.45) is 0 Å². The summed E-state index contributed by atoms with van der Waals surface area (Å²) in [6, 6.07) is 18.4. The van der Waals surface area contributed by atoms with Gasteiger partial charge in [-0.15, -0.1) is 0 Å². The summed E-state index contributed by atoms with van der Waals surface area (Å²) in [6.07, 6.45) is 0. The Labute approximate surface area is 177 Å². The average molecular weight is 423 g/mol. The van der Waals surface area contributed by atoms with E-state index in [0.29, 0.717) is 16.5 Å². The molecule has 2 amide bonds. The van der Waals surface area contributed by atoms with Gasteiger partial charge in [0.1, 0.15) is 30.1 Å². The molecule has 0 aliphatic carbocycles. The molecule has 1 spiro atoms. The van der Waals surface area contributed by atoms with E-state index in [9.17, 15) is 14.0 Å². The normalized spacial score (nSPS) is 18.9. The fourth-order valence-electron chi connectivity index (χ4n) is 4.21. The van der Waals surface area contributed by atoms with Gasteiger partial charge in [-0.05, 0) is 35.9 Å². The quantitative estimate of drug-likeness (QED) is 0.690. The van der Waals surface area contributed by atoms with Crippen LogP contribution in [0.5, 0.6) is 5.75 Å². The Morgan fingerprint density at radius 2 is 1.87 bits per heavy atom. The topological polar surface area (TPSA) is 58.6 Å². The average Bonchev–Trinajstić information content (AvgIpc) is 3.22. The highest BCUT2D eigenvalue weighted by Gasteiger charge is 2.57. The monoisotopic (exact) mass is 422 g/mol. The van der Waals surface area contributed by atoms with E-state index in [4.69, 9.17) is 16.3 Å². The number of anilines is 2. The molecule has 2 aliphatic rings. The molecule has 2 aliphatic heterocycles. The minimum atomic E-state index is -1.03. The second kappa shape index (κ2) is 6.85. The number of hydrogen-bond acceptors (Lipinski definition) is 3. The van der Waals surface area contributed by atoms with Gasteiger partial charge in [-0.3, -0.25) is 9.59 Å². The third-order valence-corrected chi connectivity index (χ3v) is 5.80. The van der Waals surface area contributed by atoms with Gasteiger partial charge in [0.15, 0.2) is 0 Å². The zero-order chi connectivity index (χ0) is 20.9. The molecule has 5 rings (SSSR count). The van der Waals surface area contributed by atoms with Crippen LogP contribution in [0.4, 0.5) is 15.8 Å². The SMILES string of the molecule is O=C(CN1C(=O)C2(COc3cc(Cl)ccc32)c2ccccc21)Nc1ccccc1F. The number of carbonyl (C=O) groups is 2. The van der Waals surface area contributed by atoms with Crippen LogP contribution in [-0.2, 0) is 15.0 Å². The maximum absolute atomic E-state index is 13.9. The number of rotatable bonds is 3. The number of para-hydroxylation sites is 2. The molecule has 0 aromatic heterocycles. The lowest BCUT2D eigenvalue weighted by atomic mass is 9.77. The number of nitrogens with zero attached hydrogens (tertiary/aromatic N) is 1. The zero-order valence-electron chi connectivity index (χ0n) is 15.7. The maximum Gasteiger partial charge on any atom is 0.246 e. The maximum atomic E-state index is 13.9. The summed E-state index contributed by atoms with van der Waals surface area (Å²) in [6.45, 7) is -0.112. The summed E-state index contributed by atoms with van der Waals surface area (Å²) in [7, 11) is 0. The van der Waals surface area contributed by atoms with Crippen molar-refractivity contribution in [1.82, 2.24) is 0 Å². The second-order valence-electron chi connectivity index (χ2n) is 7.27. The van der Waals surface area contributed by atoms with Crippen LogP contribution in [0.15, 0.2) is 66.7 Å². The van der Waals surface area contributed by atoms with Crippen LogP contribution in [0.2, 0.25) is 5.02 Å². The molecule has 3 aromatic rings. The number of fused-ring (bicyclic) bond motifs is 4. The van der Waals surface area contributed by atoms with Crippen LogP contribution in [-0.4, -0.2) is 25.0 Å². The van der Waals surface area contributed by atoms with Gasteiger partial charge < -0.3 is 15.0 Å². The molecule has 5 nitrogen and oxygen atoms in total. The smallest absolute Gasteiger partial charge is 0.246 e. The Kier molecular flexibility index (Phi) is 4.25. The van der Waals surface area contributed by atoms with Crippen molar-refractivity contribution in [2.45, 2.75) is 5.41 Å². The molecule has 1 atom stereocenters. The van der Waals surface area contributed by atoms with Gasteiger partial charge >= 0.3 is 0 Å². The first kappa shape index (κ1) is 18.6. The van der Waals surface area contributed by atoms with Gasteiger partial charge in [0.2, 0.25) is 11.8 Å². The molecule has 1 unspecified atom stereocenters. The van der Waals surface area contributed by atoms with Gasteiger partial charge in [0.25, 0.3) is 0 Å². The number of ether oxygens (including phenoxy) is 1. The Bertz CT molecular complexity index is 1200. The van der Waals surface area contributed by atoms with Crippen LogP contribution < -0.4 is 15.0 Å². The van der Waals surface area contributed by atoms with E-state index in [1.165, 1.54) is 17.0 Å². The van der Waals surface area contributed by atoms with Crippen molar-refractivity contribution >= 4 is 34.8 Å². The molecule has 150 valence electrons. The van der Waals surface area contributed by atoms with Crippen LogP contribution in [0.25, 0.3) is 0 Å². The van der Waals surface area contributed by atoms with Gasteiger partial charge in [-0.2, -0.15) is 0 Å². The lowest BCUT2D eigenvalue weighted by Gasteiger charge is -2.22. The van der Waals surface area contributed by atoms with Gasteiger partial charge in [-0.25, -0.2) is 4.39 Å². The highest BCUT2D eigenvalue weighted by molar-refractivity contribution is 6.30. The molecule has 30 heavy (non-hydrogen) atoms. The molecular formula is C23H16ClFN2O3. The molecule has 1 N–H and O–H groups in total. The fraction of sp³-hybridized carbons (Fsp3) is 0.130. The number of amides is 2. The van der Waals surface area contributed by atoms with Crippen molar-refractivity contribution in [3.63, 3.8) is 0 Å². The molecule has 7 heteroatoms. The van der Waals surface area contributed by atoms with Crippen molar-refractivity contribution < 1.29 is 18.7 Å². The summed E-state index contributed by atoms with van der Waals surface area (Å²) in [5.74, 6) is -0.724. The van der Waals surface area contributed by atoms with Gasteiger partial charge in [-0.1, -0.05) is 48.0 Å². The molecule has 0 fully saturated rings. The van der Waals surface area contributed by atoms with Crippen LogP contribution in [0, 0.1) is 5.82 Å². The lowest BCUT2D eigenvalue weighted by Crippen LogP contribution is -2.45. The summed E-state index contributed by atoms with van der Waals surface area (Å²) < 4.78 is 19.7. The van der Waals surface area contributed by atoms with E-state index in [2.05, 4.69) is 5.32 Å². The predicted molar refractivity (Wildman–Crippen MR) is 112 cm³/mol. The van der Waals surface area contributed by atoms with E-state index >= 15 is 0 Å². The number of nitrogens with one attached hydrogen (secondary N) is 1. The first-order valence-corrected chi connectivity index (χ1v) is 9.77. The predicted octanol–water partition coefficient (Wildman–Crippen LogP) is 4.14. The summed E-state index contributed by atoms with van der Waals surface area (Å²) in [5, 5.41) is 3.06. The highest BCUT2D eigenvalue weighted by atomic mass is 35.5. The van der Waals surface area contributed by atoms with Crippen LogP contribution >= 0.6 is 11.6 Å². The zero-order valence-corrected chi connectivity index (χ0v) is 16.4. The van der Waals surface area contributed by atoms with E-state index in [0.717, 1.165) is 11.1 Å². The first-order chi connectivity index (χ1) is 14.5. The second-order valence-corrected chi connectivity index (χ2v) is 7.71. The summed E-state index contributed by atoms with van der Waals surface area (Å²) in [5.41, 5.74) is 1.17. The van der Waals surface area contributed by atoms with Crippen LogP contribution in [0.3, 0.4) is 0 Å². The van der Waals surface area contributed by atoms with E-state index in [1.54, 1.807) is 36.4 Å². The molecule has 2 heterocycles. The van der Waals surface area contributed by atoms with Crippen molar-refractivity contribution in [2.75, 3.05) is 23.4 Å². The number of carbonyl (C=O) groups excluding carboxylic acids is 2. The lowest BCUT2D eigenvalue weighted by molar-refractivity contribution is -0.124. The Balaban J connectivity index is 1.51. The molecule has 0 saturated carbocycles. The highest BCUT2D eigenvalue weighted by Crippen LogP contribution is 2.52. The Morgan fingerprint density at radius 1 is 1.10 bits per heavy atom. The minimum absolute atomic E-state index is 0.0707. The summed E-state index contributed by atoms with van der Waals surface area (Å²) >= 11 is 6.08. The van der Waals surface area contributed by atoms with E-state index < -0.39 is 17.1 Å². The first-order valence-electron chi connectivity index (χ1n) is 9.39. The number of hydrogen-bond donors (Lipinski definition) is 1. The van der Waals surface area contributed by atoms with Gasteiger partial charge in [0.05, 0.1) is 5.69 Å². The van der Waals surface area contributed by atoms with Crippen LogP contribution in [0.1, 0.15) is 11.1 Å². The Hall–Kier alpha value is -3.38. The molecule has 3 aromatic carbocycles. The van der Waals surface area contributed by atoms with Crippen molar-refractivity contribution in [3.8, 4) is 5.75 Å². The molecule has 0 radical (unpaired) electrons. The third kappa shape index (κ3) is 2.68. The van der Waals surface area contributed by atoms with Crippen molar-refractivity contribution in [1.29, 1.82) is 0 Å².